The fourth-order valence-electron chi connectivity index (χ4n) is 2.65. The van der Waals surface area contributed by atoms with Gasteiger partial charge in [0.15, 0.2) is 8.32 Å². The van der Waals surface area contributed by atoms with Gasteiger partial charge in [0.05, 0.1) is 0 Å². The molecule has 0 N–H and O–H groups in total. The molecule has 3 rings (SSSR count). The number of carbonyl (C=O) groups is 1. The largest absolute Gasteiger partial charge is 0.417 e. The normalized spacial score (nSPS) is 37.6. The van der Waals surface area contributed by atoms with E-state index in [1.807, 2.05) is 0 Å². The summed E-state index contributed by atoms with van der Waals surface area (Å²) in [6, 6.07) is 0. The van der Waals surface area contributed by atoms with E-state index in [1.165, 1.54) is 6.29 Å². The van der Waals surface area contributed by atoms with Crippen LogP contribution in [-0.2, 0) is 9.22 Å². The summed E-state index contributed by atoms with van der Waals surface area (Å²) in [5.41, 5.74) is 0.0348. The SMILES string of the molecule is CC(C)(C)[Si](C)(C)OCC1C2CC1(C=O)C2. The van der Waals surface area contributed by atoms with Crippen molar-refractivity contribution in [2.24, 2.45) is 17.3 Å². The van der Waals surface area contributed by atoms with Gasteiger partial charge in [-0.15, -0.1) is 0 Å². The van der Waals surface area contributed by atoms with Crippen molar-refractivity contribution in [1.29, 1.82) is 0 Å². The molecule has 0 amide bonds. The molecule has 3 aliphatic rings. The molecule has 0 spiro atoms. The second-order valence-corrected chi connectivity index (χ2v) is 12.0. The molecule has 0 aliphatic heterocycles. The molecule has 3 aliphatic carbocycles. The van der Waals surface area contributed by atoms with E-state index in [-0.39, 0.29) is 10.5 Å². The van der Waals surface area contributed by atoms with Gasteiger partial charge in [-0.05, 0) is 42.8 Å². The summed E-state index contributed by atoms with van der Waals surface area (Å²) in [5.74, 6) is 1.33. The fraction of sp³-hybridized carbons (Fsp3) is 0.923. The third kappa shape index (κ3) is 1.60. The summed E-state index contributed by atoms with van der Waals surface area (Å²) in [4.78, 5) is 11.0. The van der Waals surface area contributed by atoms with E-state index in [0.717, 1.165) is 25.4 Å². The van der Waals surface area contributed by atoms with E-state index in [2.05, 4.69) is 33.9 Å². The van der Waals surface area contributed by atoms with Crippen LogP contribution in [0.2, 0.25) is 18.1 Å². The molecule has 3 heteroatoms. The van der Waals surface area contributed by atoms with Crippen molar-refractivity contribution in [2.75, 3.05) is 6.61 Å². The van der Waals surface area contributed by atoms with Crippen LogP contribution in [0.4, 0.5) is 0 Å². The summed E-state index contributed by atoms with van der Waals surface area (Å²) >= 11 is 0. The molecule has 2 nitrogen and oxygen atoms in total. The Labute approximate surface area is 99.9 Å². The maximum Gasteiger partial charge on any atom is 0.191 e. The molecule has 0 saturated heterocycles. The van der Waals surface area contributed by atoms with Gasteiger partial charge in [0.1, 0.15) is 6.29 Å². The Morgan fingerprint density at radius 3 is 2.25 bits per heavy atom. The van der Waals surface area contributed by atoms with Crippen molar-refractivity contribution in [3.8, 4) is 0 Å². The molecule has 1 unspecified atom stereocenters. The Balaban J connectivity index is 1.87. The Bertz CT molecular complexity index is 298. The minimum Gasteiger partial charge on any atom is -0.417 e. The molecule has 1 atom stereocenters. The lowest BCUT2D eigenvalue weighted by atomic mass is 9.38. The first-order valence-electron chi connectivity index (χ1n) is 6.32. The highest BCUT2D eigenvalue weighted by Crippen LogP contribution is 2.67. The molecule has 92 valence electrons. The third-order valence-corrected chi connectivity index (χ3v) is 9.76. The number of carbonyl (C=O) groups excluding carboxylic acids is 1. The van der Waals surface area contributed by atoms with Gasteiger partial charge in [0.25, 0.3) is 0 Å². The van der Waals surface area contributed by atoms with Crippen LogP contribution in [0.3, 0.4) is 0 Å². The molecule has 2 bridgehead atoms. The Morgan fingerprint density at radius 1 is 1.38 bits per heavy atom. The van der Waals surface area contributed by atoms with Gasteiger partial charge >= 0.3 is 0 Å². The lowest BCUT2D eigenvalue weighted by molar-refractivity contribution is -0.193. The highest BCUT2D eigenvalue weighted by molar-refractivity contribution is 6.74. The Kier molecular flexibility index (Phi) is 2.63. The summed E-state index contributed by atoms with van der Waals surface area (Å²) in [7, 11) is -1.62. The maximum atomic E-state index is 11.0. The summed E-state index contributed by atoms with van der Waals surface area (Å²) in [5, 5.41) is 0.273. The zero-order valence-electron chi connectivity index (χ0n) is 11.2. The van der Waals surface area contributed by atoms with Gasteiger partial charge in [0, 0.05) is 12.0 Å². The molecule has 0 aromatic rings. The van der Waals surface area contributed by atoms with Crippen LogP contribution in [0.25, 0.3) is 0 Å². The van der Waals surface area contributed by atoms with E-state index < -0.39 is 8.32 Å². The van der Waals surface area contributed by atoms with Crippen LogP contribution in [0, 0.1) is 17.3 Å². The van der Waals surface area contributed by atoms with Crippen LogP contribution < -0.4 is 0 Å². The Hall–Kier alpha value is -0.153. The predicted octanol–water partition coefficient (Wildman–Crippen LogP) is 3.23. The monoisotopic (exact) mass is 240 g/mol. The van der Waals surface area contributed by atoms with Crippen LogP contribution in [0.5, 0.6) is 0 Å². The minimum absolute atomic E-state index is 0.0348. The molecular weight excluding hydrogens is 216 g/mol. The third-order valence-electron chi connectivity index (χ3n) is 5.26. The molecular formula is C13H24O2Si. The topological polar surface area (TPSA) is 26.3 Å². The summed E-state index contributed by atoms with van der Waals surface area (Å²) < 4.78 is 6.21. The first-order valence-corrected chi connectivity index (χ1v) is 9.23. The van der Waals surface area contributed by atoms with E-state index in [1.54, 1.807) is 0 Å². The zero-order chi connectivity index (χ0) is 12.2. The molecule has 0 heterocycles. The molecule has 0 aromatic heterocycles. The van der Waals surface area contributed by atoms with Gasteiger partial charge in [-0.25, -0.2) is 0 Å². The van der Waals surface area contributed by atoms with Gasteiger partial charge in [0.2, 0.25) is 0 Å². The van der Waals surface area contributed by atoms with Gasteiger partial charge in [-0.3, -0.25) is 0 Å². The number of aldehydes is 1. The van der Waals surface area contributed by atoms with Gasteiger partial charge in [-0.1, -0.05) is 20.8 Å². The first kappa shape index (κ1) is 12.3. The quantitative estimate of drug-likeness (QED) is 0.557. The number of hydrogen-bond acceptors (Lipinski definition) is 2. The highest BCUT2D eigenvalue weighted by atomic mass is 28.4. The maximum absolute atomic E-state index is 11.0. The van der Waals surface area contributed by atoms with E-state index in [0.29, 0.717) is 5.92 Å². The van der Waals surface area contributed by atoms with Crippen LogP contribution in [0.15, 0.2) is 0 Å². The van der Waals surface area contributed by atoms with Crippen LogP contribution >= 0.6 is 0 Å². The summed E-state index contributed by atoms with van der Waals surface area (Å²) in [6.45, 7) is 12.2. The Morgan fingerprint density at radius 2 is 1.94 bits per heavy atom. The van der Waals surface area contributed by atoms with E-state index >= 15 is 0 Å². The minimum atomic E-state index is -1.62. The standard InChI is InChI=1S/C13H24O2Si/c1-12(2,3)16(4,5)15-8-11-10-6-13(11,7-10)9-14/h9-11H,6-8H2,1-5H3. The molecule has 3 fully saturated rings. The first-order chi connectivity index (χ1) is 7.22. The van der Waals surface area contributed by atoms with Crippen molar-refractivity contribution < 1.29 is 9.22 Å². The average molecular weight is 240 g/mol. The van der Waals surface area contributed by atoms with Crippen LogP contribution in [-0.4, -0.2) is 21.2 Å². The van der Waals surface area contributed by atoms with E-state index in [9.17, 15) is 4.79 Å². The second kappa shape index (κ2) is 3.42. The molecule has 0 aromatic carbocycles. The van der Waals surface area contributed by atoms with E-state index in [4.69, 9.17) is 4.43 Å². The highest BCUT2D eigenvalue weighted by Gasteiger charge is 2.65. The molecule has 0 radical (unpaired) electrons. The van der Waals surface area contributed by atoms with Crippen molar-refractivity contribution in [3.63, 3.8) is 0 Å². The molecule has 16 heavy (non-hydrogen) atoms. The van der Waals surface area contributed by atoms with Gasteiger partial charge in [-0.2, -0.15) is 0 Å². The van der Waals surface area contributed by atoms with Crippen molar-refractivity contribution in [1.82, 2.24) is 0 Å². The van der Waals surface area contributed by atoms with Crippen LogP contribution in [0.1, 0.15) is 33.6 Å². The zero-order valence-corrected chi connectivity index (χ0v) is 12.2. The lowest BCUT2D eigenvalue weighted by Crippen LogP contribution is -2.64. The van der Waals surface area contributed by atoms with Gasteiger partial charge < -0.3 is 9.22 Å². The van der Waals surface area contributed by atoms with Crippen molar-refractivity contribution in [2.45, 2.75) is 51.7 Å². The fourth-order valence-corrected chi connectivity index (χ4v) is 3.68. The second-order valence-electron chi connectivity index (χ2n) is 7.20. The van der Waals surface area contributed by atoms with Crippen molar-refractivity contribution >= 4 is 14.6 Å². The number of rotatable bonds is 4. The molecule has 3 saturated carbocycles. The summed E-state index contributed by atoms with van der Waals surface area (Å²) in [6.07, 6.45) is 3.44. The average Bonchev–Trinajstić information content (AvgIpc) is 1.98. The van der Waals surface area contributed by atoms with Crippen molar-refractivity contribution in [3.05, 3.63) is 0 Å². The number of hydrogen-bond donors (Lipinski definition) is 0. The smallest absolute Gasteiger partial charge is 0.191 e. The lowest BCUT2D eigenvalue weighted by Gasteiger charge is -2.66. The predicted molar refractivity (Wildman–Crippen MR) is 67.9 cm³/mol.